The average molecular weight is 803 g/mol. The predicted molar refractivity (Wildman–Crippen MR) is 251 cm³/mol. The molecule has 0 spiro atoms. The van der Waals surface area contributed by atoms with Crippen molar-refractivity contribution in [2.45, 2.75) is 194 Å². The van der Waals surface area contributed by atoms with Gasteiger partial charge in [-0.1, -0.05) is 169 Å². The first-order chi connectivity index (χ1) is 28.6. The van der Waals surface area contributed by atoms with E-state index in [0.29, 0.717) is 19.4 Å². The summed E-state index contributed by atoms with van der Waals surface area (Å²) in [5.74, 6) is -0.487. The van der Waals surface area contributed by atoms with E-state index in [1.807, 2.05) is 0 Å². The fourth-order valence-electron chi connectivity index (χ4n) is 5.85. The molecule has 0 N–H and O–H groups in total. The maximum atomic E-state index is 12.7. The van der Waals surface area contributed by atoms with Crippen molar-refractivity contribution in [3.05, 3.63) is 109 Å². The third-order valence-corrected chi connectivity index (χ3v) is 9.27. The molecule has 0 saturated carbocycles. The molecule has 5 heteroatoms. The van der Waals surface area contributed by atoms with Crippen LogP contribution in [-0.2, 0) is 23.8 Å². The molecule has 0 aromatic rings. The summed E-state index contributed by atoms with van der Waals surface area (Å²) in [7, 11) is 0. The minimum Gasteiger partial charge on any atom is -0.462 e. The second-order valence-electron chi connectivity index (χ2n) is 14.9. The molecule has 0 radical (unpaired) electrons. The van der Waals surface area contributed by atoms with Gasteiger partial charge in [-0.15, -0.1) is 0 Å². The third-order valence-electron chi connectivity index (χ3n) is 9.27. The number of carbonyl (C=O) groups excluding carboxylic acids is 2. The lowest BCUT2D eigenvalue weighted by atomic mass is 10.1. The van der Waals surface area contributed by atoms with Crippen LogP contribution in [0.2, 0.25) is 0 Å². The zero-order valence-corrected chi connectivity index (χ0v) is 37.5. The van der Waals surface area contributed by atoms with E-state index < -0.39 is 6.10 Å². The SMILES string of the molecule is CC/C=C\C/C=C\C/C=C\C/C=C\CCCOCC(COC(=O)CCCCCCC/C=C\C/C=C\CCCCC)OC(=O)CCCCC/C=C\C/C=C\C/C=C\CC. The molecule has 0 aliphatic carbocycles. The van der Waals surface area contributed by atoms with Crippen molar-refractivity contribution in [1.82, 2.24) is 0 Å². The maximum Gasteiger partial charge on any atom is 0.306 e. The quantitative estimate of drug-likeness (QED) is 0.0350. The van der Waals surface area contributed by atoms with E-state index in [1.54, 1.807) is 0 Å². The van der Waals surface area contributed by atoms with Crippen LogP contribution in [0.25, 0.3) is 0 Å². The number of allylic oxidation sites excluding steroid dienone is 18. The van der Waals surface area contributed by atoms with Gasteiger partial charge in [-0.25, -0.2) is 0 Å². The Morgan fingerprint density at radius 1 is 0.397 bits per heavy atom. The van der Waals surface area contributed by atoms with Crippen LogP contribution in [0.3, 0.4) is 0 Å². The lowest BCUT2D eigenvalue weighted by molar-refractivity contribution is -0.163. The molecule has 1 atom stereocenters. The maximum absolute atomic E-state index is 12.7. The average Bonchev–Trinajstić information content (AvgIpc) is 3.22. The third kappa shape index (κ3) is 45.3. The second kappa shape index (κ2) is 47.9. The lowest BCUT2D eigenvalue weighted by Gasteiger charge is -2.18. The van der Waals surface area contributed by atoms with Crippen molar-refractivity contribution in [2.75, 3.05) is 19.8 Å². The van der Waals surface area contributed by atoms with E-state index in [2.05, 4.69) is 130 Å². The summed E-state index contributed by atoms with van der Waals surface area (Å²) in [6, 6.07) is 0. The predicted octanol–water partition coefficient (Wildman–Crippen LogP) is 15.7. The molecule has 0 fully saturated rings. The molecule has 1 unspecified atom stereocenters. The molecule has 5 nitrogen and oxygen atoms in total. The van der Waals surface area contributed by atoms with E-state index in [4.69, 9.17) is 14.2 Å². The molecule has 0 aliphatic rings. The van der Waals surface area contributed by atoms with Crippen LogP contribution in [-0.4, -0.2) is 37.9 Å². The van der Waals surface area contributed by atoms with E-state index in [1.165, 1.54) is 38.5 Å². The number of hydrogen-bond acceptors (Lipinski definition) is 5. The first kappa shape index (κ1) is 54.6. The molecule has 328 valence electrons. The number of hydrogen-bond donors (Lipinski definition) is 0. The summed E-state index contributed by atoms with van der Waals surface area (Å²) in [5, 5.41) is 0. The molecule has 0 amide bonds. The molecular formula is C53H86O5. The zero-order valence-electron chi connectivity index (χ0n) is 37.5. The Hall–Kier alpha value is -3.44. The first-order valence-corrected chi connectivity index (χ1v) is 23.4. The van der Waals surface area contributed by atoms with E-state index >= 15 is 0 Å². The van der Waals surface area contributed by atoms with Crippen LogP contribution >= 0.6 is 0 Å². The van der Waals surface area contributed by atoms with Gasteiger partial charge in [0.1, 0.15) is 6.61 Å². The molecule has 0 aromatic heterocycles. The summed E-state index contributed by atoms with van der Waals surface area (Å²) >= 11 is 0. The fourth-order valence-corrected chi connectivity index (χ4v) is 5.85. The summed E-state index contributed by atoms with van der Waals surface area (Å²) in [4.78, 5) is 25.3. The van der Waals surface area contributed by atoms with Gasteiger partial charge in [-0.05, 0) is 116 Å². The summed E-state index contributed by atoms with van der Waals surface area (Å²) in [6.07, 6.45) is 65.3. The Bertz CT molecular complexity index is 1180. The molecule has 0 saturated heterocycles. The molecule has 0 heterocycles. The van der Waals surface area contributed by atoms with E-state index in [9.17, 15) is 9.59 Å². The number of rotatable bonds is 41. The van der Waals surface area contributed by atoms with Crippen LogP contribution in [0.1, 0.15) is 188 Å². The number of unbranched alkanes of at least 4 members (excludes halogenated alkanes) is 12. The second-order valence-corrected chi connectivity index (χ2v) is 14.9. The van der Waals surface area contributed by atoms with Crippen LogP contribution in [0.4, 0.5) is 0 Å². The van der Waals surface area contributed by atoms with Gasteiger partial charge in [0.2, 0.25) is 0 Å². The van der Waals surface area contributed by atoms with Crippen molar-refractivity contribution in [2.24, 2.45) is 0 Å². The lowest BCUT2D eigenvalue weighted by Crippen LogP contribution is -2.30. The highest BCUT2D eigenvalue weighted by atomic mass is 16.6. The highest BCUT2D eigenvalue weighted by Gasteiger charge is 2.17. The first-order valence-electron chi connectivity index (χ1n) is 23.4. The fraction of sp³-hybridized carbons (Fsp3) is 0.623. The van der Waals surface area contributed by atoms with E-state index in [0.717, 1.165) is 116 Å². The van der Waals surface area contributed by atoms with Gasteiger partial charge in [-0.2, -0.15) is 0 Å². The largest absolute Gasteiger partial charge is 0.462 e. The summed E-state index contributed by atoms with van der Waals surface area (Å²) < 4.78 is 17.2. The highest BCUT2D eigenvalue weighted by molar-refractivity contribution is 5.70. The van der Waals surface area contributed by atoms with Gasteiger partial charge in [-0.3, -0.25) is 9.59 Å². The molecule has 0 aromatic carbocycles. The standard InChI is InChI=1S/C53H86O5/c1-4-7-10-13-16-19-22-25-27-29-31-34-37-40-43-46-52(54)57-50-51(49-56-48-45-42-39-36-33-30-26-23-20-17-14-11-8-5-2)58-53(55)47-44-41-38-35-32-28-24-21-18-15-12-9-6-3/h8-9,11-12,16-21,25-28,30,32,36,39,51H,4-7,10,13-15,22-24,29,31,33-35,37-38,40-50H2,1-3H3/b11-8-,12-9-,19-16-,20-17-,21-18-,27-25-,30-26-,32-28-,39-36-. The Morgan fingerprint density at radius 2 is 0.776 bits per heavy atom. The Labute approximate surface area is 357 Å². The normalized spacial score (nSPS) is 13.2. The van der Waals surface area contributed by atoms with Gasteiger partial charge in [0.05, 0.1) is 6.61 Å². The van der Waals surface area contributed by atoms with Crippen LogP contribution in [0.15, 0.2) is 109 Å². The Balaban J connectivity index is 4.44. The van der Waals surface area contributed by atoms with Crippen molar-refractivity contribution in [3.63, 3.8) is 0 Å². The van der Waals surface area contributed by atoms with Gasteiger partial charge >= 0.3 is 11.9 Å². The van der Waals surface area contributed by atoms with Crippen LogP contribution in [0, 0.1) is 0 Å². The number of carbonyl (C=O) groups is 2. The minimum atomic E-state index is -0.591. The highest BCUT2D eigenvalue weighted by Crippen LogP contribution is 2.11. The molecule has 0 rings (SSSR count). The Morgan fingerprint density at radius 3 is 1.26 bits per heavy atom. The Kier molecular flexibility index (Phi) is 45.1. The van der Waals surface area contributed by atoms with E-state index in [-0.39, 0.29) is 25.2 Å². The van der Waals surface area contributed by atoms with Crippen molar-refractivity contribution in [3.8, 4) is 0 Å². The van der Waals surface area contributed by atoms with Gasteiger partial charge in [0, 0.05) is 19.4 Å². The monoisotopic (exact) mass is 803 g/mol. The van der Waals surface area contributed by atoms with Crippen LogP contribution in [0.5, 0.6) is 0 Å². The minimum absolute atomic E-state index is 0.0375. The van der Waals surface area contributed by atoms with Crippen LogP contribution < -0.4 is 0 Å². The number of ether oxygens (including phenoxy) is 3. The smallest absolute Gasteiger partial charge is 0.306 e. The molecular weight excluding hydrogens is 717 g/mol. The van der Waals surface area contributed by atoms with Gasteiger partial charge in [0.25, 0.3) is 0 Å². The zero-order chi connectivity index (χ0) is 42.1. The molecule has 58 heavy (non-hydrogen) atoms. The van der Waals surface area contributed by atoms with Gasteiger partial charge < -0.3 is 14.2 Å². The van der Waals surface area contributed by atoms with Gasteiger partial charge in [0.15, 0.2) is 6.10 Å². The summed E-state index contributed by atoms with van der Waals surface area (Å²) in [5.41, 5.74) is 0. The van der Waals surface area contributed by atoms with Crippen molar-refractivity contribution in [1.29, 1.82) is 0 Å². The topological polar surface area (TPSA) is 61.8 Å². The molecule has 0 bridgehead atoms. The van der Waals surface area contributed by atoms with Crippen molar-refractivity contribution >= 4 is 11.9 Å². The summed E-state index contributed by atoms with van der Waals surface area (Å²) in [6.45, 7) is 7.36. The number of esters is 2. The molecule has 0 aliphatic heterocycles. The van der Waals surface area contributed by atoms with Crippen molar-refractivity contribution < 1.29 is 23.8 Å².